The van der Waals surface area contributed by atoms with Crippen LogP contribution in [0.3, 0.4) is 0 Å². The zero-order chi connectivity index (χ0) is 17.6. The van der Waals surface area contributed by atoms with E-state index in [9.17, 15) is 13.2 Å². The van der Waals surface area contributed by atoms with Crippen molar-refractivity contribution in [3.63, 3.8) is 0 Å². The summed E-state index contributed by atoms with van der Waals surface area (Å²) in [5, 5.41) is 2.70. The predicted octanol–water partition coefficient (Wildman–Crippen LogP) is 3.07. The van der Waals surface area contributed by atoms with Crippen molar-refractivity contribution in [3.8, 4) is 0 Å². The summed E-state index contributed by atoms with van der Waals surface area (Å²) in [5.74, 6) is -0.565. The van der Waals surface area contributed by atoms with Gasteiger partial charge in [-0.2, -0.15) is 0 Å². The maximum absolute atomic E-state index is 12.1. The van der Waals surface area contributed by atoms with E-state index in [0.29, 0.717) is 4.34 Å². The number of nitrogens with one attached hydrogen (secondary N) is 1. The highest BCUT2D eigenvalue weighted by Crippen LogP contribution is 2.28. The van der Waals surface area contributed by atoms with E-state index in [4.69, 9.17) is 16.3 Å². The van der Waals surface area contributed by atoms with Crippen molar-refractivity contribution in [2.75, 3.05) is 19.4 Å². The number of halogens is 1. The third-order valence-electron chi connectivity index (χ3n) is 3.38. The average molecular weight is 388 g/mol. The Morgan fingerprint density at radius 2 is 1.96 bits per heavy atom. The van der Waals surface area contributed by atoms with E-state index in [0.717, 1.165) is 4.88 Å². The minimum absolute atomic E-state index is 0.0984. The number of carbonyl (C=O) groups is 1. The maximum Gasteiger partial charge on any atom is 0.221 e. The molecule has 0 aliphatic rings. The topological polar surface area (TPSA) is 72.5 Å². The molecule has 0 spiro atoms. The van der Waals surface area contributed by atoms with Crippen molar-refractivity contribution in [2.24, 2.45) is 0 Å². The molecule has 0 saturated carbocycles. The Balaban J connectivity index is 1.85. The van der Waals surface area contributed by atoms with Crippen LogP contribution in [0.4, 0.5) is 0 Å². The molecule has 24 heavy (non-hydrogen) atoms. The van der Waals surface area contributed by atoms with Crippen LogP contribution in [-0.2, 0) is 19.4 Å². The molecule has 0 saturated heterocycles. The van der Waals surface area contributed by atoms with Crippen molar-refractivity contribution in [1.82, 2.24) is 5.32 Å². The highest BCUT2D eigenvalue weighted by atomic mass is 35.5. The van der Waals surface area contributed by atoms with Gasteiger partial charge in [0, 0.05) is 25.0 Å². The predicted molar refractivity (Wildman–Crippen MR) is 95.2 cm³/mol. The Labute approximate surface area is 150 Å². The summed E-state index contributed by atoms with van der Waals surface area (Å²) in [6.07, 6.45) is -0.407. The third-order valence-corrected chi connectivity index (χ3v) is 6.44. The highest BCUT2D eigenvalue weighted by molar-refractivity contribution is 7.91. The zero-order valence-electron chi connectivity index (χ0n) is 13.1. The van der Waals surface area contributed by atoms with Crippen LogP contribution in [0.25, 0.3) is 0 Å². The van der Waals surface area contributed by atoms with Gasteiger partial charge in [0.15, 0.2) is 9.84 Å². The van der Waals surface area contributed by atoms with Crippen LogP contribution < -0.4 is 5.32 Å². The number of carbonyl (C=O) groups excluding carboxylic acids is 1. The molecule has 0 fully saturated rings. The van der Waals surface area contributed by atoms with E-state index in [1.54, 1.807) is 31.4 Å². The average Bonchev–Trinajstić information content (AvgIpc) is 3.01. The molecule has 1 aromatic carbocycles. The van der Waals surface area contributed by atoms with Gasteiger partial charge < -0.3 is 10.1 Å². The summed E-state index contributed by atoms with van der Waals surface area (Å²) in [6.45, 7) is 0.261. The first kappa shape index (κ1) is 18.9. The Morgan fingerprint density at radius 3 is 2.54 bits per heavy atom. The van der Waals surface area contributed by atoms with Crippen molar-refractivity contribution >= 4 is 38.7 Å². The number of hydrogen-bond donors (Lipinski definition) is 1. The van der Waals surface area contributed by atoms with Gasteiger partial charge in [0.25, 0.3) is 0 Å². The molecule has 5 nitrogen and oxygen atoms in total. The smallest absolute Gasteiger partial charge is 0.221 e. The van der Waals surface area contributed by atoms with E-state index in [1.165, 1.54) is 23.5 Å². The van der Waals surface area contributed by atoms with Crippen molar-refractivity contribution in [2.45, 2.75) is 17.4 Å². The van der Waals surface area contributed by atoms with E-state index >= 15 is 0 Å². The van der Waals surface area contributed by atoms with Crippen LogP contribution in [0.1, 0.15) is 17.4 Å². The van der Waals surface area contributed by atoms with Gasteiger partial charge in [0.05, 0.1) is 15.0 Å². The number of thiophene rings is 1. The van der Waals surface area contributed by atoms with Crippen LogP contribution in [0, 0.1) is 0 Å². The van der Waals surface area contributed by atoms with Gasteiger partial charge in [0.2, 0.25) is 5.91 Å². The highest BCUT2D eigenvalue weighted by Gasteiger charge is 2.18. The quantitative estimate of drug-likeness (QED) is 0.755. The van der Waals surface area contributed by atoms with Gasteiger partial charge in [-0.3, -0.25) is 4.79 Å². The minimum Gasteiger partial charge on any atom is -0.374 e. The fourth-order valence-electron chi connectivity index (χ4n) is 2.07. The second kappa shape index (κ2) is 8.62. The fraction of sp³-hybridized carbons (Fsp3) is 0.312. The molecule has 1 aromatic heterocycles. The maximum atomic E-state index is 12.1. The van der Waals surface area contributed by atoms with Gasteiger partial charge in [-0.05, 0) is 24.3 Å². The fourth-order valence-corrected chi connectivity index (χ4v) is 4.47. The second-order valence-corrected chi connectivity index (χ2v) is 8.91. The number of hydrogen-bond acceptors (Lipinski definition) is 5. The van der Waals surface area contributed by atoms with E-state index < -0.39 is 9.84 Å². The largest absolute Gasteiger partial charge is 0.374 e. The monoisotopic (exact) mass is 387 g/mol. The Hall–Kier alpha value is -1.41. The summed E-state index contributed by atoms with van der Waals surface area (Å²) in [7, 11) is -1.91. The molecule has 2 aromatic rings. The first-order valence-corrected chi connectivity index (χ1v) is 10.1. The minimum atomic E-state index is -3.46. The number of rotatable bonds is 8. The molecule has 2 rings (SSSR count). The van der Waals surface area contributed by atoms with E-state index in [2.05, 4.69) is 5.32 Å². The molecule has 0 unspecified atom stereocenters. The Morgan fingerprint density at radius 1 is 1.25 bits per heavy atom. The summed E-state index contributed by atoms with van der Waals surface area (Å²) < 4.78 is 30.3. The molecule has 1 amide bonds. The normalized spacial score (nSPS) is 12.8. The summed E-state index contributed by atoms with van der Waals surface area (Å²) in [4.78, 5) is 13.0. The molecule has 0 bridgehead atoms. The Kier molecular flexibility index (Phi) is 6.79. The van der Waals surface area contributed by atoms with Crippen LogP contribution in [-0.4, -0.2) is 33.7 Å². The van der Waals surface area contributed by atoms with Crippen LogP contribution in [0.15, 0.2) is 47.4 Å². The molecule has 130 valence electrons. The van der Waals surface area contributed by atoms with Crippen molar-refractivity contribution < 1.29 is 17.9 Å². The lowest BCUT2D eigenvalue weighted by Gasteiger charge is -2.14. The number of benzene rings is 1. The lowest BCUT2D eigenvalue weighted by Crippen LogP contribution is -2.30. The lowest BCUT2D eigenvalue weighted by atomic mass is 10.3. The number of ether oxygens (including phenoxy) is 1. The van der Waals surface area contributed by atoms with Crippen molar-refractivity contribution in [3.05, 3.63) is 51.7 Å². The van der Waals surface area contributed by atoms with Gasteiger partial charge in [-0.15, -0.1) is 11.3 Å². The summed E-state index contributed by atoms with van der Waals surface area (Å²) in [5.41, 5.74) is 0. The molecule has 8 heteroatoms. The molecule has 1 N–H and O–H groups in total. The van der Waals surface area contributed by atoms with E-state index in [-0.39, 0.29) is 35.6 Å². The van der Waals surface area contributed by atoms with Crippen LogP contribution in [0.2, 0.25) is 4.34 Å². The molecular weight excluding hydrogens is 370 g/mol. The molecule has 0 radical (unpaired) electrons. The second-order valence-electron chi connectivity index (χ2n) is 5.05. The Bertz CT molecular complexity index is 774. The number of amides is 1. The number of sulfone groups is 1. The molecule has 0 aliphatic carbocycles. The SMILES string of the molecule is CO[C@@H](CNC(=O)CCS(=O)(=O)c1ccccc1)c1ccc(Cl)s1. The first-order valence-electron chi connectivity index (χ1n) is 7.25. The summed E-state index contributed by atoms with van der Waals surface area (Å²) in [6, 6.07) is 11.7. The molecule has 0 aliphatic heterocycles. The first-order chi connectivity index (χ1) is 11.4. The van der Waals surface area contributed by atoms with Gasteiger partial charge in [0.1, 0.15) is 6.10 Å². The lowest BCUT2D eigenvalue weighted by molar-refractivity contribution is -0.121. The number of methoxy groups -OCH3 is 1. The van der Waals surface area contributed by atoms with E-state index in [1.807, 2.05) is 6.07 Å². The van der Waals surface area contributed by atoms with Gasteiger partial charge in [-0.1, -0.05) is 29.8 Å². The molecule has 1 heterocycles. The van der Waals surface area contributed by atoms with Crippen LogP contribution in [0.5, 0.6) is 0 Å². The summed E-state index contributed by atoms with van der Waals surface area (Å²) >= 11 is 7.27. The van der Waals surface area contributed by atoms with Gasteiger partial charge in [-0.25, -0.2) is 8.42 Å². The van der Waals surface area contributed by atoms with Gasteiger partial charge >= 0.3 is 0 Å². The zero-order valence-corrected chi connectivity index (χ0v) is 15.5. The third kappa shape index (κ3) is 5.31. The van der Waals surface area contributed by atoms with Crippen LogP contribution >= 0.6 is 22.9 Å². The van der Waals surface area contributed by atoms with Crippen molar-refractivity contribution in [1.29, 1.82) is 0 Å². The molecule has 1 atom stereocenters. The standard InChI is InChI=1S/C16H18ClNO4S2/c1-22-13(14-7-8-15(17)23-14)11-18-16(19)9-10-24(20,21)12-5-3-2-4-6-12/h2-8,13H,9-11H2,1H3,(H,18,19)/t13-/m0/s1. The molecular formula is C16H18ClNO4S2.